The van der Waals surface area contributed by atoms with Crippen molar-refractivity contribution in [3.05, 3.63) is 83.4 Å². The summed E-state index contributed by atoms with van der Waals surface area (Å²) in [5.74, 6) is -1.04. The predicted molar refractivity (Wildman–Crippen MR) is 133 cm³/mol. The van der Waals surface area contributed by atoms with Crippen molar-refractivity contribution in [3.8, 4) is 0 Å². The van der Waals surface area contributed by atoms with Crippen molar-refractivity contribution in [2.45, 2.75) is 40.4 Å². The van der Waals surface area contributed by atoms with Gasteiger partial charge in [0.05, 0.1) is 14.7 Å². The van der Waals surface area contributed by atoms with Gasteiger partial charge in [-0.3, -0.25) is 9.59 Å². The molecular formula is C26H24N2O6S2. The largest absolute Gasteiger partial charge is 0.322 e. The fourth-order valence-electron chi connectivity index (χ4n) is 4.59. The molecule has 2 heterocycles. The standard InChI is InChI=1S/C26H24N2O6S2/c29-25-21-10-3-4-11-23(21)35(31,32)24-16-18(12-13-22(24)25)26(30)27-19-8-7-9-20(17-19)36(33,34)28-14-5-1-2-6-15-28/h3-4,7-13,16-17H,1-2,5-6,14-15H2,(H,27,30). The Balaban J connectivity index is 1.43. The average molecular weight is 525 g/mol. The summed E-state index contributed by atoms with van der Waals surface area (Å²) in [6.07, 6.45) is 3.61. The molecule has 1 saturated heterocycles. The van der Waals surface area contributed by atoms with E-state index in [-0.39, 0.29) is 37.1 Å². The highest BCUT2D eigenvalue weighted by Gasteiger charge is 2.35. The molecule has 0 atom stereocenters. The Kier molecular flexibility index (Phi) is 6.27. The predicted octanol–water partition coefficient (Wildman–Crippen LogP) is 3.88. The second-order valence-corrected chi connectivity index (χ2v) is 12.7. The lowest BCUT2D eigenvalue weighted by Crippen LogP contribution is -2.32. The molecule has 0 saturated carbocycles. The summed E-state index contributed by atoms with van der Waals surface area (Å²) in [7, 11) is -7.70. The Morgan fingerprint density at radius 3 is 2.25 bits per heavy atom. The van der Waals surface area contributed by atoms with Crippen molar-refractivity contribution < 1.29 is 26.4 Å². The zero-order valence-electron chi connectivity index (χ0n) is 19.3. The van der Waals surface area contributed by atoms with Crippen LogP contribution in [0.4, 0.5) is 5.69 Å². The number of hydrogen-bond donors (Lipinski definition) is 1. The van der Waals surface area contributed by atoms with Crippen LogP contribution in [0.25, 0.3) is 0 Å². The highest BCUT2D eigenvalue weighted by molar-refractivity contribution is 7.91. The van der Waals surface area contributed by atoms with E-state index < -0.39 is 31.6 Å². The van der Waals surface area contributed by atoms with E-state index in [1.54, 1.807) is 18.2 Å². The quantitative estimate of drug-likeness (QED) is 0.433. The first-order valence-electron chi connectivity index (χ1n) is 11.6. The normalized spacial score (nSPS) is 17.5. The Morgan fingerprint density at radius 2 is 1.50 bits per heavy atom. The summed E-state index contributed by atoms with van der Waals surface area (Å²) in [6, 6.07) is 15.9. The minimum atomic E-state index is -3.99. The molecule has 8 nitrogen and oxygen atoms in total. The molecule has 1 amide bonds. The topological polar surface area (TPSA) is 118 Å². The molecule has 5 rings (SSSR count). The summed E-state index contributed by atoms with van der Waals surface area (Å²) >= 11 is 0. The van der Waals surface area contributed by atoms with Gasteiger partial charge >= 0.3 is 0 Å². The molecule has 2 aliphatic rings. The van der Waals surface area contributed by atoms with Gasteiger partial charge in [-0.1, -0.05) is 31.0 Å². The number of rotatable bonds is 4. The van der Waals surface area contributed by atoms with Crippen LogP contribution >= 0.6 is 0 Å². The summed E-state index contributed by atoms with van der Waals surface area (Å²) in [4.78, 5) is 25.6. The van der Waals surface area contributed by atoms with Gasteiger partial charge in [0.1, 0.15) is 0 Å². The first-order chi connectivity index (χ1) is 17.2. The van der Waals surface area contributed by atoms with E-state index >= 15 is 0 Å². The number of ketones is 1. The third-order valence-electron chi connectivity index (χ3n) is 6.49. The van der Waals surface area contributed by atoms with Crippen molar-refractivity contribution >= 4 is 37.2 Å². The maximum atomic E-state index is 13.1. The molecule has 0 spiro atoms. The van der Waals surface area contributed by atoms with Crippen molar-refractivity contribution in [2.75, 3.05) is 18.4 Å². The van der Waals surface area contributed by atoms with Gasteiger partial charge in [-0.05, 0) is 61.4 Å². The Bertz CT molecular complexity index is 1590. The van der Waals surface area contributed by atoms with Crippen LogP contribution in [0.15, 0.2) is 81.4 Å². The highest BCUT2D eigenvalue weighted by atomic mass is 32.2. The van der Waals surface area contributed by atoms with E-state index in [4.69, 9.17) is 0 Å². The highest BCUT2D eigenvalue weighted by Crippen LogP contribution is 2.35. The van der Waals surface area contributed by atoms with Gasteiger partial charge < -0.3 is 5.32 Å². The molecule has 3 aromatic rings. The molecule has 0 bridgehead atoms. The summed E-state index contributed by atoms with van der Waals surface area (Å²) in [6.45, 7) is 0.925. The van der Waals surface area contributed by atoms with Crippen LogP contribution < -0.4 is 5.32 Å². The molecule has 1 N–H and O–H groups in total. The van der Waals surface area contributed by atoms with Crippen molar-refractivity contribution in [2.24, 2.45) is 0 Å². The van der Waals surface area contributed by atoms with Crippen LogP contribution in [-0.2, 0) is 19.9 Å². The lowest BCUT2D eigenvalue weighted by molar-refractivity contribution is 0.101. The number of sulfonamides is 1. The zero-order valence-corrected chi connectivity index (χ0v) is 20.9. The molecule has 0 radical (unpaired) electrons. The van der Waals surface area contributed by atoms with Crippen molar-refractivity contribution in [3.63, 3.8) is 0 Å². The monoisotopic (exact) mass is 524 g/mol. The van der Waals surface area contributed by atoms with Crippen LogP contribution in [0, 0.1) is 0 Å². The number of amides is 1. The summed E-state index contributed by atoms with van der Waals surface area (Å²) in [5.41, 5.74) is 0.406. The van der Waals surface area contributed by atoms with Crippen LogP contribution in [0.1, 0.15) is 52.0 Å². The van der Waals surface area contributed by atoms with E-state index in [2.05, 4.69) is 5.32 Å². The number of anilines is 1. The molecular weight excluding hydrogens is 500 g/mol. The maximum absolute atomic E-state index is 13.1. The lowest BCUT2D eigenvalue weighted by atomic mass is 10.0. The second-order valence-electron chi connectivity index (χ2n) is 8.84. The van der Waals surface area contributed by atoms with Crippen LogP contribution in [-0.4, -0.2) is 45.9 Å². The number of hydrogen-bond acceptors (Lipinski definition) is 6. The third-order valence-corrected chi connectivity index (χ3v) is 10.2. The first kappa shape index (κ1) is 24.4. The molecule has 0 unspecified atom stereocenters. The van der Waals surface area contributed by atoms with Crippen molar-refractivity contribution in [1.29, 1.82) is 0 Å². The zero-order chi connectivity index (χ0) is 25.5. The molecule has 1 fully saturated rings. The molecule has 2 aliphatic heterocycles. The van der Waals surface area contributed by atoms with Gasteiger partial charge in [-0.2, -0.15) is 4.31 Å². The molecule has 186 valence electrons. The van der Waals surface area contributed by atoms with E-state index in [9.17, 15) is 26.4 Å². The summed E-state index contributed by atoms with van der Waals surface area (Å²) in [5, 5.41) is 2.65. The second kappa shape index (κ2) is 9.27. The Hall–Kier alpha value is -3.34. The minimum Gasteiger partial charge on any atom is -0.322 e. The Labute approximate surface area is 209 Å². The minimum absolute atomic E-state index is 0.00999. The number of carbonyl (C=O) groups excluding carboxylic acids is 2. The number of sulfone groups is 1. The third kappa shape index (κ3) is 4.25. The van der Waals surface area contributed by atoms with E-state index in [0.717, 1.165) is 25.7 Å². The van der Waals surface area contributed by atoms with Gasteiger partial charge in [0.15, 0.2) is 5.78 Å². The van der Waals surface area contributed by atoms with E-state index in [1.807, 2.05) is 0 Å². The van der Waals surface area contributed by atoms with Gasteiger partial charge in [0.2, 0.25) is 19.9 Å². The summed E-state index contributed by atoms with van der Waals surface area (Å²) < 4.78 is 54.0. The average Bonchev–Trinajstić information content (AvgIpc) is 3.18. The van der Waals surface area contributed by atoms with Crippen LogP contribution in [0.5, 0.6) is 0 Å². The Morgan fingerprint density at radius 1 is 0.806 bits per heavy atom. The smallest absolute Gasteiger partial charge is 0.255 e. The van der Waals surface area contributed by atoms with Crippen molar-refractivity contribution in [1.82, 2.24) is 4.31 Å². The molecule has 10 heteroatoms. The van der Waals surface area contributed by atoms with Crippen LogP contribution in [0.2, 0.25) is 0 Å². The van der Waals surface area contributed by atoms with Gasteiger partial charge in [-0.25, -0.2) is 16.8 Å². The number of fused-ring (bicyclic) bond motifs is 2. The van der Waals surface area contributed by atoms with E-state index in [0.29, 0.717) is 13.1 Å². The number of carbonyl (C=O) groups is 2. The van der Waals surface area contributed by atoms with Gasteiger partial charge in [0, 0.05) is 35.5 Å². The fourth-order valence-corrected chi connectivity index (χ4v) is 7.84. The van der Waals surface area contributed by atoms with E-state index in [1.165, 1.54) is 52.8 Å². The molecule has 3 aromatic carbocycles. The number of nitrogens with one attached hydrogen (secondary N) is 1. The fraction of sp³-hybridized carbons (Fsp3) is 0.231. The first-order valence-corrected chi connectivity index (χ1v) is 14.6. The van der Waals surface area contributed by atoms with Crippen LogP contribution in [0.3, 0.4) is 0 Å². The van der Waals surface area contributed by atoms with Gasteiger partial charge in [0.25, 0.3) is 5.91 Å². The van der Waals surface area contributed by atoms with Gasteiger partial charge in [-0.15, -0.1) is 0 Å². The number of benzene rings is 3. The maximum Gasteiger partial charge on any atom is 0.255 e. The SMILES string of the molecule is O=C(Nc1cccc(S(=O)(=O)N2CCCCCC2)c1)c1ccc2c(c1)S(=O)(=O)c1ccccc1C2=O. The molecule has 36 heavy (non-hydrogen) atoms. The lowest BCUT2D eigenvalue weighted by Gasteiger charge is -2.20. The molecule has 0 aromatic heterocycles. The number of nitrogens with zero attached hydrogens (tertiary/aromatic N) is 1. The molecule has 0 aliphatic carbocycles.